The Labute approximate surface area is 78.9 Å². The van der Waals surface area contributed by atoms with Gasteiger partial charge in [-0.05, 0) is 26.2 Å². The summed E-state index contributed by atoms with van der Waals surface area (Å²) in [4.78, 5) is 4.57. The Balaban J connectivity index is 4.04. The molecule has 0 aromatic rings. The third-order valence-corrected chi connectivity index (χ3v) is 1.49. The maximum Gasteiger partial charge on any atom is 0.424 e. The molecule has 0 rings (SSSR count). The minimum absolute atomic E-state index is 0.347. The predicted molar refractivity (Wildman–Crippen MR) is 47.3 cm³/mol. The first-order valence-corrected chi connectivity index (χ1v) is 5.34. The molecular formula is C7H16O5S. The van der Waals surface area contributed by atoms with Crippen LogP contribution in [0.25, 0.3) is 0 Å². The van der Waals surface area contributed by atoms with Crippen LogP contribution >= 0.6 is 0 Å². The standard InChI is InChI=1S/C7H16O5S/c1-6(2)5-7(3,4)11-12-13(8,9)10/h6H,5H2,1-4H3,(H,8,9,10). The van der Waals surface area contributed by atoms with Crippen LogP contribution in [-0.2, 0) is 19.6 Å². The van der Waals surface area contributed by atoms with Crippen LogP contribution in [0.2, 0.25) is 0 Å². The lowest BCUT2D eigenvalue weighted by molar-refractivity contribution is -0.285. The van der Waals surface area contributed by atoms with Gasteiger partial charge in [-0.1, -0.05) is 18.2 Å². The van der Waals surface area contributed by atoms with Crippen molar-refractivity contribution in [2.45, 2.75) is 39.7 Å². The van der Waals surface area contributed by atoms with E-state index in [0.717, 1.165) is 0 Å². The molecule has 0 fully saturated rings. The summed E-state index contributed by atoms with van der Waals surface area (Å²) in [6.45, 7) is 7.30. The summed E-state index contributed by atoms with van der Waals surface area (Å²) in [6.07, 6.45) is 0.628. The van der Waals surface area contributed by atoms with E-state index in [2.05, 4.69) is 9.22 Å². The van der Waals surface area contributed by atoms with Crippen molar-refractivity contribution in [3.8, 4) is 0 Å². The first kappa shape index (κ1) is 12.8. The molecule has 0 unspecified atom stereocenters. The molecule has 0 spiro atoms. The third kappa shape index (κ3) is 8.17. The molecule has 5 nitrogen and oxygen atoms in total. The molecule has 0 radical (unpaired) electrons. The van der Waals surface area contributed by atoms with E-state index in [1.807, 2.05) is 13.8 Å². The molecule has 0 aromatic heterocycles. The van der Waals surface area contributed by atoms with Gasteiger partial charge in [-0.15, -0.1) is 0 Å². The Bertz CT molecular complexity index is 242. The molecule has 0 aromatic carbocycles. The molecule has 0 atom stereocenters. The maximum atomic E-state index is 10.2. The molecule has 1 N–H and O–H groups in total. The molecule has 0 amide bonds. The average molecular weight is 212 g/mol. The zero-order valence-corrected chi connectivity index (χ0v) is 9.09. The van der Waals surface area contributed by atoms with Gasteiger partial charge in [0, 0.05) is 0 Å². The highest BCUT2D eigenvalue weighted by Crippen LogP contribution is 2.20. The van der Waals surface area contributed by atoms with Crippen LogP contribution in [-0.4, -0.2) is 18.6 Å². The summed E-state index contributed by atoms with van der Waals surface area (Å²) in [6, 6.07) is 0. The fourth-order valence-corrected chi connectivity index (χ4v) is 1.42. The van der Waals surface area contributed by atoms with Crippen molar-refractivity contribution >= 4 is 10.4 Å². The molecule has 13 heavy (non-hydrogen) atoms. The molecule has 0 heterocycles. The highest BCUT2D eigenvalue weighted by Gasteiger charge is 2.24. The van der Waals surface area contributed by atoms with E-state index < -0.39 is 16.0 Å². The molecule has 0 bridgehead atoms. The number of hydrogen-bond acceptors (Lipinski definition) is 4. The Kier molecular flexibility index (Phi) is 4.31. The van der Waals surface area contributed by atoms with Crippen molar-refractivity contribution in [1.82, 2.24) is 0 Å². The largest absolute Gasteiger partial charge is 0.424 e. The van der Waals surface area contributed by atoms with Crippen molar-refractivity contribution in [2.24, 2.45) is 5.92 Å². The lowest BCUT2D eigenvalue weighted by atomic mass is 9.97. The van der Waals surface area contributed by atoms with Gasteiger partial charge in [0.25, 0.3) is 0 Å². The van der Waals surface area contributed by atoms with E-state index >= 15 is 0 Å². The van der Waals surface area contributed by atoms with Crippen LogP contribution in [0.5, 0.6) is 0 Å². The third-order valence-electron chi connectivity index (χ3n) is 1.25. The normalized spacial score (nSPS) is 13.7. The molecule has 0 aliphatic heterocycles. The van der Waals surface area contributed by atoms with Crippen molar-refractivity contribution in [2.75, 3.05) is 0 Å². The lowest BCUT2D eigenvalue weighted by Crippen LogP contribution is -2.27. The summed E-state index contributed by atoms with van der Waals surface area (Å²) >= 11 is 0. The van der Waals surface area contributed by atoms with Crippen LogP contribution in [0.15, 0.2) is 0 Å². The van der Waals surface area contributed by atoms with Crippen LogP contribution in [0.3, 0.4) is 0 Å². The second-order valence-corrected chi connectivity index (χ2v) is 4.93. The van der Waals surface area contributed by atoms with Crippen molar-refractivity contribution in [1.29, 1.82) is 0 Å². The highest BCUT2D eigenvalue weighted by molar-refractivity contribution is 7.80. The molecule has 6 heteroatoms. The zero-order chi connectivity index (χ0) is 10.7. The van der Waals surface area contributed by atoms with Gasteiger partial charge in [-0.3, -0.25) is 4.55 Å². The van der Waals surface area contributed by atoms with E-state index in [-0.39, 0.29) is 0 Å². The quantitative estimate of drug-likeness (QED) is 0.425. The number of rotatable bonds is 5. The maximum absolute atomic E-state index is 10.2. The summed E-state index contributed by atoms with van der Waals surface area (Å²) in [5, 5.41) is 0. The summed E-state index contributed by atoms with van der Waals surface area (Å²) in [5.74, 6) is 0.347. The average Bonchev–Trinajstić information content (AvgIpc) is 1.79. The zero-order valence-electron chi connectivity index (χ0n) is 8.27. The van der Waals surface area contributed by atoms with Crippen LogP contribution in [0, 0.1) is 5.92 Å². The first-order chi connectivity index (χ1) is 5.62. The van der Waals surface area contributed by atoms with E-state index in [0.29, 0.717) is 12.3 Å². The van der Waals surface area contributed by atoms with Gasteiger partial charge >= 0.3 is 10.4 Å². The molecule has 0 aliphatic carbocycles. The Morgan fingerprint density at radius 3 is 2.15 bits per heavy atom. The van der Waals surface area contributed by atoms with Gasteiger partial charge in [0.2, 0.25) is 0 Å². The summed E-state index contributed by atoms with van der Waals surface area (Å²) in [7, 11) is -4.52. The predicted octanol–water partition coefficient (Wildman–Crippen LogP) is 1.56. The van der Waals surface area contributed by atoms with Crippen molar-refractivity contribution < 1.29 is 22.2 Å². The van der Waals surface area contributed by atoms with Gasteiger partial charge in [0.15, 0.2) is 0 Å². The van der Waals surface area contributed by atoms with Gasteiger partial charge < -0.3 is 0 Å². The highest BCUT2D eigenvalue weighted by atomic mass is 32.3. The monoisotopic (exact) mass is 212 g/mol. The van der Waals surface area contributed by atoms with Crippen molar-refractivity contribution in [3.63, 3.8) is 0 Å². The SMILES string of the molecule is CC(C)CC(C)(C)OOS(=O)(=O)O. The Hall–Kier alpha value is -0.170. The molecule has 0 saturated carbocycles. The Morgan fingerprint density at radius 1 is 1.38 bits per heavy atom. The second-order valence-electron chi connectivity index (χ2n) is 3.94. The van der Waals surface area contributed by atoms with E-state index in [9.17, 15) is 8.42 Å². The van der Waals surface area contributed by atoms with E-state index in [1.165, 1.54) is 0 Å². The molecule has 80 valence electrons. The molecular weight excluding hydrogens is 196 g/mol. The van der Waals surface area contributed by atoms with Crippen molar-refractivity contribution in [3.05, 3.63) is 0 Å². The minimum atomic E-state index is -4.52. The van der Waals surface area contributed by atoms with E-state index in [4.69, 9.17) is 4.55 Å². The topological polar surface area (TPSA) is 72.8 Å². The van der Waals surface area contributed by atoms with Gasteiger partial charge in [-0.2, -0.15) is 8.42 Å². The van der Waals surface area contributed by atoms with Crippen LogP contribution in [0.1, 0.15) is 34.1 Å². The fourth-order valence-electron chi connectivity index (χ4n) is 1.15. The van der Waals surface area contributed by atoms with Gasteiger partial charge in [0.05, 0.1) is 5.60 Å². The van der Waals surface area contributed by atoms with Crippen LogP contribution in [0.4, 0.5) is 0 Å². The lowest BCUT2D eigenvalue weighted by Gasteiger charge is -2.23. The van der Waals surface area contributed by atoms with Gasteiger partial charge in [0.1, 0.15) is 0 Å². The summed E-state index contributed by atoms with van der Waals surface area (Å²) < 4.78 is 32.4. The van der Waals surface area contributed by atoms with Gasteiger partial charge in [-0.25, -0.2) is 4.89 Å². The summed E-state index contributed by atoms with van der Waals surface area (Å²) in [5.41, 5.74) is -0.732. The second kappa shape index (κ2) is 4.36. The first-order valence-electron chi connectivity index (χ1n) is 3.97. The number of hydrogen-bond donors (Lipinski definition) is 1. The van der Waals surface area contributed by atoms with E-state index in [1.54, 1.807) is 13.8 Å². The fraction of sp³-hybridized carbons (Fsp3) is 1.00. The minimum Gasteiger partial charge on any atom is -0.262 e. The molecule has 0 saturated heterocycles. The van der Waals surface area contributed by atoms with Crippen LogP contribution < -0.4 is 0 Å². The Morgan fingerprint density at radius 2 is 1.85 bits per heavy atom. The smallest absolute Gasteiger partial charge is 0.262 e. The molecule has 0 aliphatic rings.